The maximum Gasteiger partial charge on any atom is 0.157 e. The van der Waals surface area contributed by atoms with E-state index in [1.165, 1.54) is 0 Å². The van der Waals surface area contributed by atoms with Gasteiger partial charge in [0.25, 0.3) is 0 Å². The lowest BCUT2D eigenvalue weighted by atomic mass is 10.1. The standard InChI is InChI=1S/C20H26N6O/c1-15(2)17-13-20(26-19(24-17)6-8-23-26)22-14-18(16-5-3-4-7-21-16)25-9-11-27-12-10-25/h3-8,13,15,18,22H,9-12,14H2,1-2H3/t18-/m1/s1. The molecule has 0 radical (unpaired) electrons. The quantitative estimate of drug-likeness (QED) is 0.724. The maximum atomic E-state index is 5.53. The largest absolute Gasteiger partial charge is 0.379 e. The van der Waals surface area contributed by atoms with E-state index in [0.717, 1.165) is 55.7 Å². The highest BCUT2D eigenvalue weighted by atomic mass is 16.5. The number of rotatable bonds is 6. The van der Waals surface area contributed by atoms with Gasteiger partial charge in [0, 0.05) is 43.7 Å². The third kappa shape index (κ3) is 3.94. The monoisotopic (exact) mass is 366 g/mol. The molecule has 1 aliphatic heterocycles. The zero-order chi connectivity index (χ0) is 18.6. The molecule has 0 aliphatic carbocycles. The van der Waals surface area contributed by atoms with Gasteiger partial charge in [0.1, 0.15) is 5.82 Å². The highest BCUT2D eigenvalue weighted by molar-refractivity contribution is 5.49. The molecule has 0 saturated carbocycles. The minimum Gasteiger partial charge on any atom is -0.379 e. The second-order valence-corrected chi connectivity index (χ2v) is 7.12. The van der Waals surface area contributed by atoms with E-state index in [-0.39, 0.29) is 6.04 Å². The summed E-state index contributed by atoms with van der Waals surface area (Å²) in [4.78, 5) is 11.7. The molecule has 4 rings (SSSR count). The number of hydrogen-bond acceptors (Lipinski definition) is 6. The van der Waals surface area contributed by atoms with Crippen LogP contribution in [0.4, 0.5) is 5.82 Å². The highest BCUT2D eigenvalue weighted by Gasteiger charge is 2.24. The van der Waals surface area contributed by atoms with Crippen molar-refractivity contribution in [3.05, 3.63) is 54.1 Å². The molecule has 3 aromatic heterocycles. The normalized spacial score (nSPS) is 16.7. The summed E-state index contributed by atoms with van der Waals surface area (Å²) in [6, 6.07) is 10.3. The van der Waals surface area contributed by atoms with E-state index >= 15 is 0 Å². The third-order valence-electron chi connectivity index (χ3n) is 4.96. The van der Waals surface area contributed by atoms with Crippen LogP contribution in [-0.4, -0.2) is 57.3 Å². The van der Waals surface area contributed by atoms with Crippen LogP contribution in [0, 0.1) is 0 Å². The second-order valence-electron chi connectivity index (χ2n) is 7.12. The van der Waals surface area contributed by atoms with E-state index in [9.17, 15) is 0 Å². The smallest absolute Gasteiger partial charge is 0.157 e. The van der Waals surface area contributed by atoms with Crippen LogP contribution >= 0.6 is 0 Å². The Bertz CT molecular complexity index is 873. The van der Waals surface area contributed by atoms with E-state index in [4.69, 9.17) is 9.72 Å². The fraction of sp³-hybridized carbons (Fsp3) is 0.450. The summed E-state index contributed by atoms with van der Waals surface area (Å²) < 4.78 is 7.39. The molecule has 1 fully saturated rings. The Morgan fingerprint density at radius 2 is 1.96 bits per heavy atom. The van der Waals surface area contributed by atoms with Crippen molar-refractivity contribution in [2.75, 3.05) is 38.2 Å². The summed E-state index contributed by atoms with van der Waals surface area (Å²) in [5.74, 6) is 1.32. The topological polar surface area (TPSA) is 67.6 Å². The molecule has 3 aromatic rings. The zero-order valence-corrected chi connectivity index (χ0v) is 15.9. The molecule has 27 heavy (non-hydrogen) atoms. The maximum absolute atomic E-state index is 5.53. The van der Waals surface area contributed by atoms with E-state index in [1.54, 1.807) is 6.20 Å². The Morgan fingerprint density at radius 3 is 2.70 bits per heavy atom. The first-order valence-corrected chi connectivity index (χ1v) is 9.53. The number of fused-ring (bicyclic) bond motifs is 1. The Balaban J connectivity index is 1.61. The highest BCUT2D eigenvalue weighted by Crippen LogP contribution is 2.23. The van der Waals surface area contributed by atoms with Crippen LogP contribution in [0.5, 0.6) is 0 Å². The van der Waals surface area contributed by atoms with Crippen molar-refractivity contribution in [2.24, 2.45) is 0 Å². The molecule has 1 saturated heterocycles. The fourth-order valence-electron chi connectivity index (χ4n) is 3.44. The lowest BCUT2D eigenvalue weighted by Crippen LogP contribution is -2.42. The van der Waals surface area contributed by atoms with Crippen molar-refractivity contribution < 1.29 is 4.74 Å². The summed E-state index contributed by atoms with van der Waals surface area (Å²) in [5, 5.41) is 8.03. The first kappa shape index (κ1) is 17.9. The number of hydrogen-bond donors (Lipinski definition) is 1. The lowest BCUT2D eigenvalue weighted by Gasteiger charge is -2.34. The van der Waals surface area contributed by atoms with Gasteiger partial charge in [0.05, 0.1) is 31.1 Å². The Hall–Kier alpha value is -2.51. The molecule has 1 aliphatic rings. The van der Waals surface area contributed by atoms with Crippen molar-refractivity contribution in [2.45, 2.75) is 25.8 Å². The molecule has 0 unspecified atom stereocenters. The zero-order valence-electron chi connectivity index (χ0n) is 15.9. The van der Waals surface area contributed by atoms with Crippen LogP contribution in [-0.2, 0) is 4.74 Å². The molecule has 0 spiro atoms. The number of nitrogens with zero attached hydrogens (tertiary/aromatic N) is 5. The van der Waals surface area contributed by atoms with Gasteiger partial charge < -0.3 is 10.1 Å². The number of ether oxygens (including phenoxy) is 1. The molecule has 0 amide bonds. The summed E-state index contributed by atoms with van der Waals surface area (Å²) >= 11 is 0. The van der Waals surface area contributed by atoms with Crippen molar-refractivity contribution >= 4 is 11.5 Å². The Labute approximate surface area is 159 Å². The van der Waals surface area contributed by atoms with Crippen molar-refractivity contribution in [1.29, 1.82) is 0 Å². The second kappa shape index (κ2) is 8.02. The van der Waals surface area contributed by atoms with Gasteiger partial charge >= 0.3 is 0 Å². The first-order chi connectivity index (χ1) is 13.2. The van der Waals surface area contributed by atoms with Gasteiger partial charge in [0.15, 0.2) is 5.65 Å². The number of morpholine rings is 1. The summed E-state index contributed by atoms with van der Waals surface area (Å²) in [7, 11) is 0. The average molecular weight is 366 g/mol. The van der Waals surface area contributed by atoms with Gasteiger partial charge in [-0.3, -0.25) is 9.88 Å². The summed E-state index contributed by atoms with van der Waals surface area (Å²) in [5.41, 5.74) is 3.00. The summed E-state index contributed by atoms with van der Waals surface area (Å²) in [6.07, 6.45) is 3.65. The van der Waals surface area contributed by atoms with Gasteiger partial charge in [-0.15, -0.1) is 0 Å². The van der Waals surface area contributed by atoms with Gasteiger partial charge in [-0.1, -0.05) is 19.9 Å². The SMILES string of the molecule is CC(C)c1cc(NC[C@H](c2ccccn2)N2CCOCC2)n2nccc2n1. The molecular weight excluding hydrogens is 340 g/mol. The Morgan fingerprint density at radius 1 is 1.11 bits per heavy atom. The van der Waals surface area contributed by atoms with E-state index < -0.39 is 0 Å². The molecule has 1 atom stereocenters. The van der Waals surface area contributed by atoms with Gasteiger partial charge in [-0.2, -0.15) is 9.61 Å². The van der Waals surface area contributed by atoms with Crippen LogP contribution in [0.3, 0.4) is 0 Å². The molecule has 4 heterocycles. The summed E-state index contributed by atoms with van der Waals surface area (Å²) in [6.45, 7) is 8.40. The molecule has 0 aromatic carbocycles. The minimum atomic E-state index is 0.177. The van der Waals surface area contributed by atoms with Gasteiger partial charge in [-0.05, 0) is 18.1 Å². The van der Waals surface area contributed by atoms with Crippen LogP contribution in [0.2, 0.25) is 0 Å². The van der Waals surface area contributed by atoms with Gasteiger partial charge in [0.2, 0.25) is 0 Å². The van der Waals surface area contributed by atoms with Crippen LogP contribution in [0.1, 0.15) is 37.2 Å². The van der Waals surface area contributed by atoms with E-state index in [1.807, 2.05) is 28.9 Å². The fourth-order valence-corrected chi connectivity index (χ4v) is 3.44. The van der Waals surface area contributed by atoms with Crippen LogP contribution in [0.25, 0.3) is 5.65 Å². The lowest BCUT2D eigenvalue weighted by molar-refractivity contribution is 0.0179. The molecule has 7 heteroatoms. The molecule has 142 valence electrons. The number of aromatic nitrogens is 4. The van der Waals surface area contributed by atoms with Gasteiger partial charge in [-0.25, -0.2) is 4.98 Å². The number of nitrogens with one attached hydrogen (secondary N) is 1. The van der Waals surface area contributed by atoms with Crippen molar-refractivity contribution in [3.8, 4) is 0 Å². The van der Waals surface area contributed by atoms with Crippen molar-refractivity contribution in [1.82, 2.24) is 24.5 Å². The van der Waals surface area contributed by atoms with Crippen molar-refractivity contribution in [3.63, 3.8) is 0 Å². The molecule has 0 bridgehead atoms. The number of pyridine rings is 1. The van der Waals surface area contributed by atoms with E-state index in [0.29, 0.717) is 5.92 Å². The Kier molecular flexibility index (Phi) is 5.31. The number of anilines is 1. The molecule has 7 nitrogen and oxygen atoms in total. The average Bonchev–Trinajstić information content (AvgIpc) is 3.18. The predicted octanol–water partition coefficient (Wildman–Crippen LogP) is 2.73. The van der Waals surface area contributed by atoms with E-state index in [2.05, 4.69) is 46.3 Å². The van der Waals surface area contributed by atoms with Crippen LogP contribution in [0.15, 0.2) is 42.7 Å². The van der Waals surface area contributed by atoms with Crippen LogP contribution < -0.4 is 5.32 Å². The first-order valence-electron chi connectivity index (χ1n) is 9.53. The minimum absolute atomic E-state index is 0.177. The molecular formula is C20H26N6O. The third-order valence-corrected chi connectivity index (χ3v) is 4.96. The predicted molar refractivity (Wildman–Crippen MR) is 105 cm³/mol. The molecule has 1 N–H and O–H groups in total.